The predicted molar refractivity (Wildman–Crippen MR) is 109 cm³/mol. The molecule has 0 spiro atoms. The molecule has 0 aliphatic heterocycles. The van der Waals surface area contributed by atoms with E-state index in [1.54, 1.807) is 6.20 Å². The minimum Gasteiger partial charge on any atom is -0.381 e. The van der Waals surface area contributed by atoms with Crippen LogP contribution in [0.15, 0.2) is 48.0 Å². The molecule has 0 bridgehead atoms. The first-order valence-electron chi connectivity index (χ1n) is 9.97. The second kappa shape index (κ2) is 10.7. The molecule has 2 aromatic rings. The standard InChI is InChI=1S/C21H31N5O/c1-2-23-21(24-10-3-13-27-16-20-8-9-20)25-14-18-4-6-19(7-5-18)15-26-12-11-22-17-26/h4-7,11-12,17,20H,2-3,8-10,13-16H2,1H3,(H2,23,24,25). The van der Waals surface area contributed by atoms with E-state index >= 15 is 0 Å². The topological polar surface area (TPSA) is 63.5 Å². The minimum absolute atomic E-state index is 0.666. The van der Waals surface area contributed by atoms with E-state index in [4.69, 9.17) is 4.74 Å². The highest BCUT2D eigenvalue weighted by Crippen LogP contribution is 2.28. The van der Waals surface area contributed by atoms with Crippen LogP contribution in [0.2, 0.25) is 0 Å². The van der Waals surface area contributed by atoms with Gasteiger partial charge < -0.3 is 19.9 Å². The number of nitrogens with zero attached hydrogens (tertiary/aromatic N) is 3. The minimum atomic E-state index is 0.666. The summed E-state index contributed by atoms with van der Waals surface area (Å²) in [5, 5.41) is 6.69. The SMILES string of the molecule is CCNC(=NCc1ccc(Cn2ccnc2)cc1)NCCCOCC1CC1. The molecule has 6 nitrogen and oxygen atoms in total. The van der Waals surface area contributed by atoms with Crippen LogP contribution >= 0.6 is 0 Å². The molecule has 1 aromatic carbocycles. The summed E-state index contributed by atoms with van der Waals surface area (Å²) < 4.78 is 7.74. The lowest BCUT2D eigenvalue weighted by atomic mass is 10.1. The fourth-order valence-electron chi connectivity index (χ4n) is 2.77. The zero-order valence-corrected chi connectivity index (χ0v) is 16.2. The summed E-state index contributed by atoms with van der Waals surface area (Å²) in [5.74, 6) is 1.70. The van der Waals surface area contributed by atoms with Crippen molar-refractivity contribution in [2.45, 2.75) is 39.3 Å². The van der Waals surface area contributed by atoms with Crippen molar-refractivity contribution in [3.05, 3.63) is 54.1 Å². The fraction of sp³-hybridized carbons (Fsp3) is 0.524. The van der Waals surface area contributed by atoms with Crippen molar-refractivity contribution >= 4 is 5.96 Å². The lowest BCUT2D eigenvalue weighted by Crippen LogP contribution is -2.38. The van der Waals surface area contributed by atoms with E-state index in [0.717, 1.165) is 51.1 Å². The summed E-state index contributed by atoms with van der Waals surface area (Å²) in [6, 6.07) is 8.60. The first kappa shape index (κ1) is 19.4. The van der Waals surface area contributed by atoms with Gasteiger partial charge >= 0.3 is 0 Å². The van der Waals surface area contributed by atoms with Gasteiger partial charge in [-0.1, -0.05) is 24.3 Å². The van der Waals surface area contributed by atoms with E-state index < -0.39 is 0 Å². The van der Waals surface area contributed by atoms with Crippen LogP contribution in [0.25, 0.3) is 0 Å². The molecule has 2 N–H and O–H groups in total. The number of ether oxygens (including phenoxy) is 1. The summed E-state index contributed by atoms with van der Waals surface area (Å²) >= 11 is 0. The summed E-state index contributed by atoms with van der Waals surface area (Å²) in [7, 11) is 0. The van der Waals surface area contributed by atoms with Gasteiger partial charge in [0.25, 0.3) is 0 Å². The number of nitrogens with one attached hydrogen (secondary N) is 2. The quantitative estimate of drug-likeness (QED) is 0.363. The van der Waals surface area contributed by atoms with Gasteiger partial charge in [-0.05, 0) is 43.2 Å². The maximum atomic E-state index is 5.67. The fourth-order valence-corrected chi connectivity index (χ4v) is 2.77. The van der Waals surface area contributed by atoms with Gasteiger partial charge in [0.15, 0.2) is 5.96 Å². The molecule has 1 heterocycles. The van der Waals surface area contributed by atoms with E-state index in [0.29, 0.717) is 6.54 Å². The second-order valence-corrected chi connectivity index (χ2v) is 7.05. The normalized spacial score (nSPS) is 14.3. The molecule has 6 heteroatoms. The monoisotopic (exact) mass is 369 g/mol. The van der Waals surface area contributed by atoms with Gasteiger partial charge in [-0.2, -0.15) is 0 Å². The first-order chi connectivity index (χ1) is 13.3. The van der Waals surface area contributed by atoms with Crippen LogP contribution in [0.3, 0.4) is 0 Å². The van der Waals surface area contributed by atoms with Gasteiger partial charge in [0.1, 0.15) is 0 Å². The molecule has 1 saturated carbocycles. The van der Waals surface area contributed by atoms with Crippen LogP contribution in [-0.2, 0) is 17.8 Å². The third kappa shape index (κ3) is 7.43. The molecule has 146 valence electrons. The molecule has 0 atom stereocenters. The van der Waals surface area contributed by atoms with Crippen molar-refractivity contribution in [1.29, 1.82) is 0 Å². The average molecular weight is 370 g/mol. The van der Waals surface area contributed by atoms with Crippen molar-refractivity contribution < 1.29 is 4.74 Å². The molecular formula is C21H31N5O. The summed E-state index contributed by atoms with van der Waals surface area (Å²) in [6.07, 6.45) is 9.31. The molecule has 0 unspecified atom stereocenters. The molecular weight excluding hydrogens is 338 g/mol. The smallest absolute Gasteiger partial charge is 0.191 e. The van der Waals surface area contributed by atoms with E-state index in [1.165, 1.54) is 24.0 Å². The predicted octanol–water partition coefficient (Wildman–Crippen LogP) is 2.80. The molecule has 0 saturated heterocycles. The average Bonchev–Trinajstić information content (AvgIpc) is 3.37. The van der Waals surface area contributed by atoms with Gasteiger partial charge in [0.2, 0.25) is 0 Å². The number of guanidine groups is 1. The molecule has 1 fully saturated rings. The van der Waals surface area contributed by atoms with Gasteiger partial charge in [0.05, 0.1) is 12.9 Å². The largest absolute Gasteiger partial charge is 0.381 e. The van der Waals surface area contributed by atoms with E-state index in [1.807, 2.05) is 12.5 Å². The van der Waals surface area contributed by atoms with E-state index in [-0.39, 0.29) is 0 Å². The van der Waals surface area contributed by atoms with E-state index in [2.05, 4.69) is 56.4 Å². The number of benzene rings is 1. The highest BCUT2D eigenvalue weighted by atomic mass is 16.5. The second-order valence-electron chi connectivity index (χ2n) is 7.05. The van der Waals surface area contributed by atoms with Crippen LogP contribution in [0.1, 0.15) is 37.3 Å². The Balaban J connectivity index is 1.39. The molecule has 1 aliphatic rings. The Morgan fingerprint density at radius 2 is 2.04 bits per heavy atom. The molecule has 1 aromatic heterocycles. The van der Waals surface area contributed by atoms with Crippen LogP contribution in [0.5, 0.6) is 0 Å². The van der Waals surface area contributed by atoms with Crippen LogP contribution in [0, 0.1) is 5.92 Å². The summed E-state index contributed by atoms with van der Waals surface area (Å²) in [6.45, 7) is 7.08. The van der Waals surface area contributed by atoms with Gasteiger partial charge in [0, 0.05) is 45.2 Å². The zero-order chi connectivity index (χ0) is 18.7. The number of aromatic nitrogens is 2. The van der Waals surface area contributed by atoms with Crippen molar-refractivity contribution in [1.82, 2.24) is 20.2 Å². The first-order valence-corrected chi connectivity index (χ1v) is 9.97. The Morgan fingerprint density at radius 3 is 2.74 bits per heavy atom. The Bertz CT molecular complexity index is 677. The van der Waals surface area contributed by atoms with E-state index in [9.17, 15) is 0 Å². The Hall–Kier alpha value is -2.34. The Kier molecular flexibility index (Phi) is 7.71. The Morgan fingerprint density at radius 1 is 1.22 bits per heavy atom. The van der Waals surface area contributed by atoms with Gasteiger partial charge in [-0.25, -0.2) is 9.98 Å². The summed E-state index contributed by atoms with van der Waals surface area (Å²) in [5.41, 5.74) is 2.46. The number of imidazole rings is 1. The maximum absolute atomic E-state index is 5.67. The van der Waals surface area contributed by atoms with Gasteiger partial charge in [-0.15, -0.1) is 0 Å². The van der Waals surface area contributed by atoms with Crippen LogP contribution in [-0.4, -0.2) is 41.8 Å². The van der Waals surface area contributed by atoms with Crippen LogP contribution < -0.4 is 10.6 Å². The highest BCUT2D eigenvalue weighted by molar-refractivity contribution is 5.79. The van der Waals surface area contributed by atoms with Crippen molar-refractivity contribution in [3.63, 3.8) is 0 Å². The number of hydrogen-bond donors (Lipinski definition) is 2. The Labute approximate surface area is 162 Å². The lowest BCUT2D eigenvalue weighted by Gasteiger charge is -2.11. The number of rotatable bonds is 11. The van der Waals surface area contributed by atoms with Crippen molar-refractivity contribution in [2.75, 3.05) is 26.3 Å². The summed E-state index contributed by atoms with van der Waals surface area (Å²) in [4.78, 5) is 8.76. The van der Waals surface area contributed by atoms with Crippen molar-refractivity contribution in [3.8, 4) is 0 Å². The third-order valence-corrected chi connectivity index (χ3v) is 4.52. The van der Waals surface area contributed by atoms with Crippen molar-refractivity contribution in [2.24, 2.45) is 10.9 Å². The lowest BCUT2D eigenvalue weighted by molar-refractivity contribution is 0.123. The zero-order valence-electron chi connectivity index (χ0n) is 16.2. The molecule has 1 aliphatic carbocycles. The third-order valence-electron chi connectivity index (χ3n) is 4.52. The van der Waals surface area contributed by atoms with Crippen LogP contribution in [0.4, 0.5) is 0 Å². The molecule has 27 heavy (non-hydrogen) atoms. The molecule has 0 amide bonds. The molecule has 0 radical (unpaired) electrons. The highest BCUT2D eigenvalue weighted by Gasteiger charge is 2.20. The number of hydrogen-bond acceptors (Lipinski definition) is 3. The maximum Gasteiger partial charge on any atom is 0.191 e. The number of aliphatic imine (C=N–C) groups is 1. The van der Waals surface area contributed by atoms with Gasteiger partial charge in [-0.3, -0.25) is 0 Å². The molecule has 3 rings (SSSR count).